The maximum absolute atomic E-state index is 13.6. The molecule has 2 N–H and O–H groups in total. The third-order valence-corrected chi connectivity index (χ3v) is 8.42. The van der Waals surface area contributed by atoms with Gasteiger partial charge in [0.15, 0.2) is 0 Å². The molecule has 4 aliphatic rings. The lowest BCUT2D eigenvalue weighted by molar-refractivity contribution is -0.138. The maximum atomic E-state index is 13.6. The normalized spacial score (nSPS) is 29.4. The largest absolute Gasteiger partial charge is 0.416 e. The molecule has 1 aromatic carbocycles. The number of benzene rings is 1. The Morgan fingerprint density at radius 3 is 2.61 bits per heavy atom. The lowest BCUT2D eigenvalue weighted by Gasteiger charge is -2.48. The highest BCUT2D eigenvalue weighted by atomic mass is 19.4. The predicted octanol–water partition coefficient (Wildman–Crippen LogP) is 4.98. The Balaban J connectivity index is 1.18. The molecule has 0 amide bonds. The molecule has 0 bridgehead atoms. The molecule has 5 atom stereocenters. The summed E-state index contributed by atoms with van der Waals surface area (Å²) in [5.74, 6) is 1.22. The van der Waals surface area contributed by atoms with Gasteiger partial charge < -0.3 is 19.9 Å². The van der Waals surface area contributed by atoms with Gasteiger partial charge in [-0.2, -0.15) is 13.2 Å². The molecular weight excluding hydrogens is 493 g/mol. The number of H-pyrrole nitrogens is 1. The lowest BCUT2D eigenvalue weighted by atomic mass is 9.73. The molecule has 2 saturated heterocycles. The average Bonchev–Trinajstić information content (AvgIpc) is 2.93. The standard InChI is InChI=1S/C29H33F3N4O2/c30-29(31,32)20-9-12-24-23(17-20)28-22(27(33-24)19-5-2-1-3-6-19)11-10-21(38-28)18-35-13-15-36(16-14-35)25-7-4-8-26(37)34-25/h1-5,7-9,12,17,19,21-22,27-28,33H,6,10-11,13-16,18H2,(H,34,37)/t19?,21-,22+,27+,28+/m1/s1. The van der Waals surface area contributed by atoms with Gasteiger partial charge in [0.05, 0.1) is 17.8 Å². The number of nitrogens with one attached hydrogen (secondary N) is 2. The molecule has 1 aliphatic carbocycles. The van der Waals surface area contributed by atoms with Crippen molar-refractivity contribution in [1.82, 2.24) is 9.88 Å². The van der Waals surface area contributed by atoms with Gasteiger partial charge in [0.1, 0.15) is 5.82 Å². The number of hydrogen-bond acceptors (Lipinski definition) is 5. The monoisotopic (exact) mass is 526 g/mol. The molecule has 6 rings (SSSR count). The van der Waals surface area contributed by atoms with Crippen LogP contribution in [0.1, 0.15) is 36.5 Å². The first-order chi connectivity index (χ1) is 18.3. The first-order valence-corrected chi connectivity index (χ1v) is 13.5. The number of rotatable bonds is 4. The summed E-state index contributed by atoms with van der Waals surface area (Å²) in [4.78, 5) is 19.1. The zero-order valence-electron chi connectivity index (χ0n) is 21.2. The van der Waals surface area contributed by atoms with Crippen molar-refractivity contribution < 1.29 is 17.9 Å². The Labute approximate surface area is 220 Å². The van der Waals surface area contributed by atoms with E-state index in [1.165, 1.54) is 18.2 Å². The summed E-state index contributed by atoms with van der Waals surface area (Å²) in [6, 6.07) is 9.33. The Hall–Kier alpha value is -3.04. The molecule has 2 fully saturated rings. The number of hydrogen-bond donors (Lipinski definition) is 2. The molecule has 9 heteroatoms. The number of aromatic amines is 1. The van der Waals surface area contributed by atoms with Crippen molar-refractivity contribution in [3.8, 4) is 0 Å². The number of fused-ring (bicyclic) bond motifs is 3. The van der Waals surface area contributed by atoms with Gasteiger partial charge in [0.25, 0.3) is 0 Å². The number of allylic oxidation sites excluding steroid dienone is 3. The van der Waals surface area contributed by atoms with E-state index < -0.39 is 11.7 Å². The van der Waals surface area contributed by atoms with E-state index in [2.05, 4.69) is 38.3 Å². The SMILES string of the molecule is O=c1cccc(N2CCN(C[C@H]3CC[C@@H]4[C@H](O3)c3cc(C(F)(F)F)ccc3N[C@H]4C3C=CC=CC3)CC2)[nH]1. The average molecular weight is 527 g/mol. The van der Waals surface area contributed by atoms with Crippen LogP contribution >= 0.6 is 0 Å². The highest BCUT2D eigenvalue weighted by molar-refractivity contribution is 5.58. The van der Waals surface area contributed by atoms with Crippen LogP contribution in [0.3, 0.4) is 0 Å². The molecule has 38 heavy (non-hydrogen) atoms. The van der Waals surface area contributed by atoms with Gasteiger partial charge in [-0.25, -0.2) is 0 Å². The van der Waals surface area contributed by atoms with Crippen molar-refractivity contribution in [2.75, 3.05) is 42.9 Å². The second-order valence-corrected chi connectivity index (χ2v) is 10.8. The molecule has 0 saturated carbocycles. The van der Waals surface area contributed by atoms with E-state index in [9.17, 15) is 18.0 Å². The van der Waals surface area contributed by atoms with E-state index in [-0.39, 0.29) is 35.6 Å². The number of aromatic nitrogens is 1. The Morgan fingerprint density at radius 2 is 1.87 bits per heavy atom. The van der Waals surface area contributed by atoms with Crippen molar-refractivity contribution in [3.05, 3.63) is 82.2 Å². The predicted molar refractivity (Wildman–Crippen MR) is 141 cm³/mol. The number of nitrogens with zero attached hydrogens (tertiary/aromatic N) is 2. The Morgan fingerprint density at radius 1 is 1.03 bits per heavy atom. The fraction of sp³-hybridized carbons (Fsp3) is 0.483. The molecule has 202 valence electrons. The minimum atomic E-state index is -4.39. The van der Waals surface area contributed by atoms with Gasteiger partial charge in [-0.1, -0.05) is 30.4 Å². The van der Waals surface area contributed by atoms with Gasteiger partial charge in [-0.3, -0.25) is 9.69 Å². The van der Waals surface area contributed by atoms with E-state index in [0.717, 1.165) is 63.5 Å². The van der Waals surface area contributed by atoms with Crippen molar-refractivity contribution in [1.29, 1.82) is 0 Å². The van der Waals surface area contributed by atoms with Crippen LogP contribution in [0.15, 0.2) is 65.5 Å². The van der Waals surface area contributed by atoms with E-state index >= 15 is 0 Å². The number of pyridine rings is 1. The van der Waals surface area contributed by atoms with Gasteiger partial charge in [-0.05, 0) is 43.5 Å². The van der Waals surface area contributed by atoms with Crippen molar-refractivity contribution in [2.45, 2.75) is 43.7 Å². The van der Waals surface area contributed by atoms with Gasteiger partial charge in [-0.15, -0.1) is 0 Å². The Kier molecular flexibility index (Phi) is 6.82. The van der Waals surface area contributed by atoms with E-state index in [4.69, 9.17) is 4.74 Å². The topological polar surface area (TPSA) is 60.6 Å². The summed E-state index contributed by atoms with van der Waals surface area (Å²) in [6.07, 6.45) is 6.36. The zero-order chi connectivity index (χ0) is 26.3. The quantitative estimate of drug-likeness (QED) is 0.589. The number of halogens is 3. The lowest BCUT2D eigenvalue weighted by Crippen LogP contribution is -2.52. The van der Waals surface area contributed by atoms with Crippen LogP contribution in [0.2, 0.25) is 0 Å². The maximum Gasteiger partial charge on any atom is 0.416 e. The van der Waals surface area contributed by atoms with Crippen LogP contribution < -0.4 is 15.8 Å². The van der Waals surface area contributed by atoms with Crippen molar-refractivity contribution in [2.24, 2.45) is 11.8 Å². The molecule has 0 radical (unpaired) electrons. The van der Waals surface area contributed by atoms with Gasteiger partial charge in [0.2, 0.25) is 5.56 Å². The number of ether oxygens (including phenoxy) is 1. The van der Waals surface area contributed by atoms with Gasteiger partial charge >= 0.3 is 6.18 Å². The van der Waals surface area contributed by atoms with Crippen LogP contribution in [0.4, 0.5) is 24.7 Å². The van der Waals surface area contributed by atoms with E-state index in [0.29, 0.717) is 5.56 Å². The van der Waals surface area contributed by atoms with Crippen molar-refractivity contribution >= 4 is 11.5 Å². The summed E-state index contributed by atoms with van der Waals surface area (Å²) in [5.41, 5.74) is 0.637. The second-order valence-electron chi connectivity index (χ2n) is 10.8. The fourth-order valence-corrected chi connectivity index (χ4v) is 6.48. The number of piperazine rings is 1. The summed E-state index contributed by atoms with van der Waals surface area (Å²) in [6.45, 7) is 4.01. The molecule has 1 aromatic heterocycles. The fourth-order valence-electron chi connectivity index (χ4n) is 6.48. The molecule has 1 unspecified atom stereocenters. The molecule has 4 heterocycles. The van der Waals surface area contributed by atoms with Crippen LogP contribution in [0.25, 0.3) is 0 Å². The molecule has 6 nitrogen and oxygen atoms in total. The minimum absolute atomic E-state index is 0.0396. The first-order valence-electron chi connectivity index (χ1n) is 13.5. The second kappa shape index (κ2) is 10.3. The van der Waals surface area contributed by atoms with Crippen molar-refractivity contribution in [3.63, 3.8) is 0 Å². The van der Waals surface area contributed by atoms with Crippen LogP contribution in [-0.4, -0.2) is 54.8 Å². The minimum Gasteiger partial charge on any atom is -0.381 e. The number of alkyl halides is 3. The third kappa shape index (κ3) is 5.14. The summed E-state index contributed by atoms with van der Waals surface area (Å²) >= 11 is 0. The molecule has 2 aromatic rings. The van der Waals surface area contributed by atoms with Gasteiger partial charge in [0, 0.05) is 67.9 Å². The molecule has 0 spiro atoms. The van der Waals surface area contributed by atoms with E-state index in [1.807, 2.05) is 12.1 Å². The first kappa shape index (κ1) is 25.2. The molecular formula is C29H33F3N4O2. The van der Waals surface area contributed by atoms with Crippen LogP contribution in [0.5, 0.6) is 0 Å². The van der Waals surface area contributed by atoms with E-state index in [1.54, 1.807) is 12.1 Å². The summed E-state index contributed by atoms with van der Waals surface area (Å²) in [5, 5.41) is 3.59. The third-order valence-electron chi connectivity index (χ3n) is 8.42. The van der Waals surface area contributed by atoms with Crippen LogP contribution in [0, 0.1) is 11.8 Å². The smallest absolute Gasteiger partial charge is 0.381 e. The highest BCUT2D eigenvalue weighted by Crippen LogP contribution is 2.49. The summed E-state index contributed by atoms with van der Waals surface area (Å²) in [7, 11) is 0. The highest BCUT2D eigenvalue weighted by Gasteiger charge is 2.45. The zero-order valence-corrected chi connectivity index (χ0v) is 21.2. The Bertz CT molecular complexity index is 1260. The summed E-state index contributed by atoms with van der Waals surface area (Å²) < 4.78 is 47.5. The molecule has 3 aliphatic heterocycles. The van der Waals surface area contributed by atoms with Crippen LogP contribution in [-0.2, 0) is 10.9 Å². The number of anilines is 2.